The number of rotatable bonds is 3. The molecule has 1 aromatic carbocycles. The average Bonchev–Trinajstić information content (AvgIpc) is 2.99. The Morgan fingerprint density at radius 2 is 2.04 bits per heavy atom. The van der Waals surface area contributed by atoms with Crippen molar-refractivity contribution in [1.29, 1.82) is 0 Å². The number of carbonyl (C=O) groups excluding carboxylic acids is 1. The lowest BCUT2D eigenvalue weighted by Crippen LogP contribution is -2.51. The molecule has 5 rings (SSSR count). The van der Waals surface area contributed by atoms with E-state index in [-0.39, 0.29) is 11.7 Å². The van der Waals surface area contributed by atoms with E-state index < -0.39 is 5.54 Å². The van der Waals surface area contributed by atoms with E-state index in [0.717, 1.165) is 30.4 Å². The minimum atomic E-state index is -0.548. The van der Waals surface area contributed by atoms with Crippen molar-refractivity contribution in [3.8, 4) is 0 Å². The fraction of sp³-hybridized carbons (Fsp3) is 0.250. The molecule has 4 aliphatic carbocycles. The number of hydrogen-bond donors (Lipinski definition) is 1. The standard InChI is InChI=1S/C20H16FNO/c21-18-5-2-1-4-17(18)20(8-3-9-20)22-19(23)14-7-6-13-15-10-12(15)11-16(13)14/h1-2,4-7,10-11,15H,3,8-9H2,(H,22,23). The quantitative estimate of drug-likeness (QED) is 0.907. The minimum Gasteiger partial charge on any atom is -0.342 e. The van der Waals surface area contributed by atoms with Gasteiger partial charge in [0.15, 0.2) is 0 Å². The van der Waals surface area contributed by atoms with Crippen LogP contribution < -0.4 is 5.32 Å². The van der Waals surface area contributed by atoms with Crippen molar-refractivity contribution >= 4 is 5.91 Å². The van der Waals surface area contributed by atoms with Gasteiger partial charge in [0.2, 0.25) is 0 Å². The molecule has 114 valence electrons. The maximum atomic E-state index is 14.2. The Balaban J connectivity index is 1.43. The maximum Gasteiger partial charge on any atom is 0.252 e. The van der Waals surface area contributed by atoms with Gasteiger partial charge in [0.1, 0.15) is 5.82 Å². The van der Waals surface area contributed by atoms with Crippen LogP contribution in [0, 0.1) is 11.7 Å². The normalized spacial score (nSPS) is 25.3. The molecule has 1 fully saturated rings. The second-order valence-electron chi connectivity index (χ2n) is 6.77. The summed E-state index contributed by atoms with van der Waals surface area (Å²) in [6, 6.07) is 6.77. The third-order valence-corrected chi connectivity index (χ3v) is 5.48. The minimum absolute atomic E-state index is 0.0904. The number of fused-ring (bicyclic) bond motifs is 3. The molecule has 0 aromatic heterocycles. The van der Waals surface area contributed by atoms with Crippen LogP contribution in [0.15, 0.2) is 70.9 Å². The van der Waals surface area contributed by atoms with Gasteiger partial charge in [0, 0.05) is 17.1 Å². The topological polar surface area (TPSA) is 29.1 Å². The Bertz CT molecular complexity index is 867. The van der Waals surface area contributed by atoms with E-state index in [1.165, 1.54) is 17.2 Å². The molecule has 0 spiro atoms. The summed E-state index contributed by atoms with van der Waals surface area (Å²) < 4.78 is 14.2. The number of benzene rings is 1. The van der Waals surface area contributed by atoms with Crippen molar-refractivity contribution in [2.24, 2.45) is 5.92 Å². The Labute approximate surface area is 134 Å². The van der Waals surface area contributed by atoms with Crippen molar-refractivity contribution in [1.82, 2.24) is 5.32 Å². The van der Waals surface area contributed by atoms with E-state index in [1.54, 1.807) is 12.1 Å². The molecule has 1 atom stereocenters. The molecule has 1 amide bonds. The Morgan fingerprint density at radius 1 is 1.22 bits per heavy atom. The SMILES string of the molecule is O=C(NC1(c2ccccc2F)CCC1)C1=CC=C2C1=CC1=CC12. The van der Waals surface area contributed by atoms with Gasteiger partial charge in [0.05, 0.1) is 5.54 Å². The van der Waals surface area contributed by atoms with Gasteiger partial charge in [-0.2, -0.15) is 0 Å². The van der Waals surface area contributed by atoms with E-state index >= 15 is 0 Å². The third-order valence-electron chi connectivity index (χ3n) is 5.48. The molecule has 4 aliphatic rings. The van der Waals surface area contributed by atoms with Crippen LogP contribution >= 0.6 is 0 Å². The van der Waals surface area contributed by atoms with E-state index in [0.29, 0.717) is 11.5 Å². The number of amides is 1. The highest BCUT2D eigenvalue weighted by atomic mass is 19.1. The summed E-state index contributed by atoms with van der Waals surface area (Å²) in [7, 11) is 0. The van der Waals surface area contributed by atoms with Crippen LogP contribution in [0.25, 0.3) is 0 Å². The van der Waals surface area contributed by atoms with E-state index in [9.17, 15) is 9.18 Å². The van der Waals surface area contributed by atoms with Gasteiger partial charge in [-0.3, -0.25) is 4.79 Å². The van der Waals surface area contributed by atoms with Gasteiger partial charge in [-0.25, -0.2) is 4.39 Å². The first-order chi connectivity index (χ1) is 11.2. The van der Waals surface area contributed by atoms with Crippen molar-refractivity contribution in [3.05, 3.63) is 82.2 Å². The first-order valence-corrected chi connectivity index (χ1v) is 8.11. The molecular formula is C20H16FNO. The predicted octanol–water partition coefficient (Wildman–Crippen LogP) is 3.68. The molecule has 0 radical (unpaired) electrons. The van der Waals surface area contributed by atoms with Crippen molar-refractivity contribution in [2.45, 2.75) is 24.8 Å². The van der Waals surface area contributed by atoms with Gasteiger partial charge in [-0.15, -0.1) is 0 Å². The van der Waals surface area contributed by atoms with Gasteiger partial charge >= 0.3 is 0 Å². The first-order valence-electron chi connectivity index (χ1n) is 8.11. The van der Waals surface area contributed by atoms with Crippen LogP contribution in [-0.4, -0.2) is 5.91 Å². The highest BCUT2D eigenvalue weighted by molar-refractivity contribution is 6.03. The molecule has 23 heavy (non-hydrogen) atoms. The molecule has 0 saturated heterocycles. The monoisotopic (exact) mass is 305 g/mol. The highest BCUT2D eigenvalue weighted by Crippen LogP contribution is 2.51. The summed E-state index contributed by atoms with van der Waals surface area (Å²) in [4.78, 5) is 12.8. The molecule has 1 unspecified atom stereocenters. The van der Waals surface area contributed by atoms with Crippen LogP contribution in [0.3, 0.4) is 0 Å². The van der Waals surface area contributed by atoms with E-state index in [4.69, 9.17) is 0 Å². The third kappa shape index (κ3) is 1.76. The Hall–Kier alpha value is -2.42. The predicted molar refractivity (Wildman–Crippen MR) is 85.9 cm³/mol. The smallest absolute Gasteiger partial charge is 0.252 e. The van der Waals surface area contributed by atoms with Crippen LogP contribution in [0.2, 0.25) is 0 Å². The molecule has 1 saturated carbocycles. The largest absolute Gasteiger partial charge is 0.342 e. The van der Waals surface area contributed by atoms with Crippen molar-refractivity contribution < 1.29 is 9.18 Å². The Kier molecular flexibility index (Phi) is 2.45. The van der Waals surface area contributed by atoms with E-state index in [1.807, 2.05) is 18.2 Å². The first kappa shape index (κ1) is 13.1. The average molecular weight is 305 g/mol. The molecule has 0 aliphatic heterocycles. The fourth-order valence-electron chi connectivity index (χ4n) is 3.98. The zero-order valence-electron chi connectivity index (χ0n) is 12.6. The lowest BCUT2D eigenvalue weighted by atomic mass is 9.71. The summed E-state index contributed by atoms with van der Waals surface area (Å²) in [6.07, 6.45) is 10.8. The summed E-state index contributed by atoms with van der Waals surface area (Å²) in [5, 5.41) is 3.13. The van der Waals surface area contributed by atoms with E-state index in [2.05, 4.69) is 17.5 Å². The molecule has 0 bridgehead atoms. The second kappa shape index (κ2) is 4.31. The maximum absolute atomic E-state index is 14.2. The van der Waals surface area contributed by atoms with Gasteiger partial charge < -0.3 is 5.32 Å². The van der Waals surface area contributed by atoms with Crippen LogP contribution in [0.4, 0.5) is 4.39 Å². The lowest BCUT2D eigenvalue weighted by Gasteiger charge is -2.43. The van der Waals surface area contributed by atoms with Gasteiger partial charge in [0.25, 0.3) is 5.91 Å². The van der Waals surface area contributed by atoms with Crippen molar-refractivity contribution in [2.75, 3.05) is 0 Å². The molecule has 3 heteroatoms. The second-order valence-corrected chi connectivity index (χ2v) is 6.77. The summed E-state index contributed by atoms with van der Waals surface area (Å²) in [5.74, 6) is 0.112. The summed E-state index contributed by atoms with van der Waals surface area (Å²) in [5.41, 5.74) is 4.38. The number of halogens is 1. The number of nitrogens with one attached hydrogen (secondary N) is 1. The molecule has 2 nitrogen and oxygen atoms in total. The summed E-state index contributed by atoms with van der Waals surface area (Å²) >= 11 is 0. The zero-order chi connectivity index (χ0) is 15.6. The van der Waals surface area contributed by atoms with Gasteiger partial charge in [-0.1, -0.05) is 30.4 Å². The van der Waals surface area contributed by atoms with Crippen molar-refractivity contribution in [3.63, 3.8) is 0 Å². The van der Waals surface area contributed by atoms with Gasteiger partial charge in [-0.05, 0) is 54.2 Å². The zero-order valence-corrected chi connectivity index (χ0v) is 12.6. The van der Waals surface area contributed by atoms with Crippen LogP contribution in [-0.2, 0) is 10.3 Å². The number of hydrogen-bond acceptors (Lipinski definition) is 1. The molecule has 0 heterocycles. The molecular weight excluding hydrogens is 289 g/mol. The molecule has 1 aromatic rings. The molecule has 1 N–H and O–H groups in total. The summed E-state index contributed by atoms with van der Waals surface area (Å²) in [6.45, 7) is 0. The number of carbonyl (C=O) groups is 1. The highest BCUT2D eigenvalue weighted by Gasteiger charge is 2.44. The Morgan fingerprint density at radius 3 is 2.78 bits per heavy atom. The number of allylic oxidation sites excluding steroid dienone is 6. The van der Waals surface area contributed by atoms with Crippen LogP contribution in [0.1, 0.15) is 24.8 Å². The fourth-order valence-corrected chi connectivity index (χ4v) is 3.98. The lowest BCUT2D eigenvalue weighted by molar-refractivity contribution is -0.120. The van der Waals surface area contributed by atoms with Crippen LogP contribution in [0.5, 0.6) is 0 Å².